The summed E-state index contributed by atoms with van der Waals surface area (Å²) in [5.74, 6) is 0.865. The van der Waals surface area contributed by atoms with Gasteiger partial charge in [-0.3, -0.25) is 0 Å². The van der Waals surface area contributed by atoms with E-state index in [4.69, 9.17) is 9.47 Å². The van der Waals surface area contributed by atoms with E-state index in [1.165, 1.54) is 49.9 Å². The van der Waals surface area contributed by atoms with E-state index in [2.05, 4.69) is 0 Å². The fraction of sp³-hybridized carbons (Fsp3) is 0.478. The molecule has 2 aromatic carbocycles. The van der Waals surface area contributed by atoms with Crippen molar-refractivity contribution in [1.29, 1.82) is 0 Å². The predicted molar refractivity (Wildman–Crippen MR) is 101 cm³/mol. The largest absolute Gasteiger partial charge is 0.429 e. The molecule has 0 radical (unpaired) electrons. The topological polar surface area (TPSA) is 18.5 Å². The lowest BCUT2D eigenvalue weighted by molar-refractivity contribution is -0.185. The number of alkyl halides is 2. The summed E-state index contributed by atoms with van der Waals surface area (Å²) in [6.07, 6.45) is 3.85. The zero-order chi connectivity index (χ0) is 19.6. The molecule has 2 aromatic rings. The zero-order valence-electron chi connectivity index (χ0n) is 15.8. The summed E-state index contributed by atoms with van der Waals surface area (Å²) in [4.78, 5) is 0. The average molecular weight is 390 g/mol. The second-order valence-corrected chi connectivity index (χ2v) is 7.90. The van der Waals surface area contributed by atoms with Crippen LogP contribution in [0.1, 0.15) is 55.8 Å². The van der Waals surface area contributed by atoms with Crippen LogP contribution in [0.5, 0.6) is 5.75 Å². The zero-order valence-corrected chi connectivity index (χ0v) is 15.8. The normalized spacial score (nSPS) is 23.7. The Labute approximate surface area is 163 Å². The molecular weight excluding hydrogens is 365 g/mol. The van der Waals surface area contributed by atoms with Gasteiger partial charge in [-0.05, 0) is 66.6 Å². The Morgan fingerprint density at radius 3 is 2.11 bits per heavy atom. The van der Waals surface area contributed by atoms with E-state index in [1.807, 2.05) is 0 Å². The molecule has 0 aromatic heterocycles. The Kier molecular flexibility index (Phi) is 5.63. The monoisotopic (exact) mass is 390 g/mol. The number of ether oxygens (including phenoxy) is 2. The Morgan fingerprint density at radius 2 is 1.50 bits per heavy atom. The maximum absolute atomic E-state index is 14.4. The minimum absolute atomic E-state index is 0.0293. The standard InChI is InChI=1S/C23H25F3O2/c24-20-10-12-21(13-11-20)28-23(25,26)19-8-5-17(6-9-19)22-14-7-18(15-27-22)16-3-1-2-4-16/h5-6,8-13,16,18,22H,1-4,7,14-15H2. The van der Waals surface area contributed by atoms with E-state index in [0.717, 1.165) is 43.1 Å². The summed E-state index contributed by atoms with van der Waals surface area (Å²) in [6, 6.07) is 10.7. The number of rotatable bonds is 5. The van der Waals surface area contributed by atoms with E-state index < -0.39 is 11.9 Å². The SMILES string of the molecule is Fc1ccc(OC(F)(F)c2ccc(C3CCC(C4CCCC4)CO3)cc2)cc1. The molecule has 5 heteroatoms. The third-order valence-electron chi connectivity index (χ3n) is 6.06. The lowest BCUT2D eigenvalue weighted by atomic mass is 9.84. The first-order valence-electron chi connectivity index (χ1n) is 10.1. The second-order valence-electron chi connectivity index (χ2n) is 7.90. The van der Waals surface area contributed by atoms with E-state index in [9.17, 15) is 13.2 Å². The summed E-state index contributed by atoms with van der Waals surface area (Å²) < 4.78 is 52.5. The third-order valence-corrected chi connectivity index (χ3v) is 6.06. The van der Waals surface area contributed by atoms with E-state index in [1.54, 1.807) is 12.1 Å². The van der Waals surface area contributed by atoms with Gasteiger partial charge in [-0.15, -0.1) is 0 Å². The molecule has 0 amide bonds. The van der Waals surface area contributed by atoms with Gasteiger partial charge in [0.15, 0.2) is 0 Å². The van der Waals surface area contributed by atoms with Crippen molar-refractivity contribution in [3.05, 3.63) is 65.5 Å². The van der Waals surface area contributed by atoms with Crippen LogP contribution in [0.2, 0.25) is 0 Å². The van der Waals surface area contributed by atoms with Gasteiger partial charge in [-0.2, -0.15) is 8.78 Å². The first-order chi connectivity index (χ1) is 13.5. The lowest BCUT2D eigenvalue weighted by Gasteiger charge is -2.32. The van der Waals surface area contributed by atoms with Crippen molar-refractivity contribution in [2.45, 2.75) is 50.7 Å². The molecule has 2 nitrogen and oxygen atoms in total. The van der Waals surface area contributed by atoms with Gasteiger partial charge in [0.2, 0.25) is 0 Å². The fourth-order valence-electron chi connectivity index (χ4n) is 4.44. The molecule has 1 heterocycles. The first-order valence-corrected chi connectivity index (χ1v) is 10.1. The highest BCUT2D eigenvalue weighted by molar-refractivity contribution is 5.29. The Hall–Kier alpha value is -2.01. The minimum atomic E-state index is -3.49. The molecular formula is C23H25F3O2. The van der Waals surface area contributed by atoms with E-state index in [-0.39, 0.29) is 17.4 Å². The highest BCUT2D eigenvalue weighted by Crippen LogP contribution is 2.40. The van der Waals surface area contributed by atoms with Crippen LogP contribution in [0, 0.1) is 17.7 Å². The summed E-state index contributed by atoms with van der Waals surface area (Å²) in [6.45, 7) is 0.765. The third kappa shape index (κ3) is 4.35. The Bertz CT molecular complexity index is 759. The molecule has 1 aliphatic carbocycles. The Morgan fingerprint density at radius 1 is 0.821 bits per heavy atom. The van der Waals surface area contributed by atoms with Gasteiger partial charge in [0.25, 0.3) is 0 Å². The van der Waals surface area contributed by atoms with Crippen LogP contribution < -0.4 is 4.74 Å². The van der Waals surface area contributed by atoms with Gasteiger partial charge in [0.05, 0.1) is 18.3 Å². The summed E-state index contributed by atoms with van der Waals surface area (Å²) in [5.41, 5.74) is 0.687. The van der Waals surface area contributed by atoms with E-state index >= 15 is 0 Å². The molecule has 2 aliphatic rings. The van der Waals surface area contributed by atoms with Crippen molar-refractivity contribution in [3.63, 3.8) is 0 Å². The van der Waals surface area contributed by atoms with Crippen LogP contribution in [-0.4, -0.2) is 6.61 Å². The van der Waals surface area contributed by atoms with Crippen molar-refractivity contribution in [2.24, 2.45) is 11.8 Å². The van der Waals surface area contributed by atoms with Crippen molar-refractivity contribution < 1.29 is 22.6 Å². The molecule has 2 atom stereocenters. The molecule has 0 bridgehead atoms. The number of halogens is 3. The molecule has 4 rings (SSSR count). The average Bonchev–Trinajstić information content (AvgIpc) is 3.25. The van der Waals surface area contributed by atoms with Crippen LogP contribution in [0.4, 0.5) is 13.2 Å². The maximum atomic E-state index is 14.4. The second kappa shape index (κ2) is 8.16. The maximum Gasteiger partial charge on any atom is 0.426 e. The predicted octanol–water partition coefficient (Wildman–Crippen LogP) is 6.61. The van der Waals surface area contributed by atoms with Crippen LogP contribution in [0.25, 0.3) is 0 Å². The van der Waals surface area contributed by atoms with Gasteiger partial charge in [-0.1, -0.05) is 37.8 Å². The van der Waals surface area contributed by atoms with E-state index in [0.29, 0.717) is 5.92 Å². The van der Waals surface area contributed by atoms with Gasteiger partial charge in [-0.25, -0.2) is 4.39 Å². The molecule has 2 fully saturated rings. The van der Waals surface area contributed by atoms with Crippen LogP contribution in [-0.2, 0) is 10.8 Å². The number of benzene rings is 2. The van der Waals surface area contributed by atoms with Crippen molar-refractivity contribution in [3.8, 4) is 5.75 Å². The molecule has 150 valence electrons. The first kappa shape index (κ1) is 19.3. The highest BCUT2D eigenvalue weighted by Gasteiger charge is 2.35. The van der Waals surface area contributed by atoms with Gasteiger partial charge in [0.1, 0.15) is 11.6 Å². The van der Waals surface area contributed by atoms with Crippen molar-refractivity contribution in [2.75, 3.05) is 6.61 Å². The lowest BCUT2D eigenvalue weighted by Crippen LogP contribution is -2.26. The van der Waals surface area contributed by atoms with Gasteiger partial charge < -0.3 is 9.47 Å². The quantitative estimate of drug-likeness (QED) is 0.572. The molecule has 2 unspecified atom stereocenters. The Balaban J connectivity index is 1.37. The van der Waals surface area contributed by atoms with Gasteiger partial charge in [0, 0.05) is 0 Å². The highest BCUT2D eigenvalue weighted by atomic mass is 19.3. The summed E-state index contributed by atoms with van der Waals surface area (Å²) in [5, 5.41) is 0. The van der Waals surface area contributed by atoms with Crippen molar-refractivity contribution in [1.82, 2.24) is 0 Å². The number of hydrogen-bond donors (Lipinski definition) is 0. The molecule has 28 heavy (non-hydrogen) atoms. The smallest absolute Gasteiger partial charge is 0.426 e. The van der Waals surface area contributed by atoms with Crippen molar-refractivity contribution >= 4 is 0 Å². The molecule has 0 N–H and O–H groups in total. The van der Waals surface area contributed by atoms with Gasteiger partial charge >= 0.3 is 6.11 Å². The minimum Gasteiger partial charge on any atom is -0.429 e. The molecule has 0 spiro atoms. The van der Waals surface area contributed by atoms with Crippen LogP contribution in [0.15, 0.2) is 48.5 Å². The molecule has 1 saturated carbocycles. The van der Waals surface area contributed by atoms with Crippen LogP contribution in [0.3, 0.4) is 0 Å². The van der Waals surface area contributed by atoms with Crippen LogP contribution >= 0.6 is 0 Å². The summed E-state index contributed by atoms with van der Waals surface area (Å²) in [7, 11) is 0. The fourth-order valence-corrected chi connectivity index (χ4v) is 4.44. The number of hydrogen-bond acceptors (Lipinski definition) is 2. The summed E-state index contributed by atoms with van der Waals surface area (Å²) >= 11 is 0. The molecule has 1 saturated heterocycles. The molecule has 1 aliphatic heterocycles.